The zero-order chi connectivity index (χ0) is 15.7. The van der Waals surface area contributed by atoms with Crippen LogP contribution in [0, 0.1) is 0 Å². The predicted octanol–water partition coefficient (Wildman–Crippen LogP) is 4.91. The number of aromatic hydroxyl groups is 1. The zero-order valence-electron chi connectivity index (χ0n) is 13.0. The van der Waals surface area contributed by atoms with Crippen molar-refractivity contribution in [2.75, 3.05) is 0 Å². The lowest BCUT2D eigenvalue weighted by atomic mass is 10.00. The molecule has 0 heterocycles. The number of hydrogen-bond acceptors (Lipinski definition) is 3. The molecule has 1 aromatic rings. The van der Waals surface area contributed by atoms with Gasteiger partial charge in [0.05, 0.1) is 0 Å². The number of unbranched alkanes of at least 4 members (excludes halogenated alkanes) is 4. The van der Waals surface area contributed by atoms with Gasteiger partial charge in [0.25, 0.3) is 0 Å². The molecule has 0 bridgehead atoms. The lowest BCUT2D eigenvalue weighted by Crippen LogP contribution is -2.07. The van der Waals surface area contributed by atoms with Crippen LogP contribution in [-0.2, 0) is 12.8 Å². The molecule has 0 spiro atoms. The molecule has 0 saturated carbocycles. The van der Waals surface area contributed by atoms with Crippen molar-refractivity contribution in [3.63, 3.8) is 0 Å². The minimum absolute atomic E-state index is 0.0116. The number of rotatable bonds is 9. The molecule has 0 amide bonds. The molecule has 0 fully saturated rings. The predicted molar refractivity (Wildman–Crippen MR) is 83.2 cm³/mol. The van der Waals surface area contributed by atoms with E-state index in [1.54, 1.807) is 0 Å². The Kier molecular flexibility index (Phi) is 7.65. The fraction of sp³-hybridized carbons (Fsp3) is 0.588. The Morgan fingerprint density at radius 2 is 1.52 bits per heavy atom. The van der Waals surface area contributed by atoms with Crippen LogP contribution in [0.1, 0.15) is 63.5 Å². The van der Waals surface area contributed by atoms with E-state index in [2.05, 4.69) is 13.8 Å². The molecule has 1 aromatic carbocycles. The van der Waals surface area contributed by atoms with Gasteiger partial charge in [0, 0.05) is 0 Å². The fourth-order valence-corrected chi connectivity index (χ4v) is 2.38. The van der Waals surface area contributed by atoms with E-state index < -0.39 is 6.16 Å². The van der Waals surface area contributed by atoms with Gasteiger partial charge >= 0.3 is 6.16 Å². The van der Waals surface area contributed by atoms with Gasteiger partial charge in [-0.2, -0.15) is 0 Å². The summed E-state index contributed by atoms with van der Waals surface area (Å²) in [7, 11) is 0. The molecule has 0 aromatic heterocycles. The number of ether oxygens (including phenoxy) is 1. The van der Waals surface area contributed by atoms with E-state index in [1.165, 1.54) is 0 Å². The maximum Gasteiger partial charge on any atom is 0.511 e. The summed E-state index contributed by atoms with van der Waals surface area (Å²) in [6.45, 7) is 4.23. The van der Waals surface area contributed by atoms with Crippen LogP contribution in [0.3, 0.4) is 0 Å². The second kappa shape index (κ2) is 9.27. The second-order valence-corrected chi connectivity index (χ2v) is 5.34. The normalized spacial score (nSPS) is 10.6. The van der Waals surface area contributed by atoms with E-state index in [0.717, 1.165) is 62.5 Å². The van der Waals surface area contributed by atoms with Crippen molar-refractivity contribution in [2.24, 2.45) is 0 Å². The Hall–Kier alpha value is -1.71. The first-order valence-electron chi connectivity index (χ1n) is 7.84. The SMILES string of the molecule is CCCCCc1ccc(CCCCC)c(OC(=O)O)c1O. The molecule has 0 aliphatic heterocycles. The van der Waals surface area contributed by atoms with Crippen molar-refractivity contribution in [1.82, 2.24) is 0 Å². The third-order valence-electron chi connectivity index (χ3n) is 3.59. The molecule has 4 heteroatoms. The fourth-order valence-electron chi connectivity index (χ4n) is 2.38. The van der Waals surface area contributed by atoms with Gasteiger partial charge < -0.3 is 14.9 Å². The summed E-state index contributed by atoms with van der Waals surface area (Å²) < 4.78 is 4.82. The molecule has 4 nitrogen and oxygen atoms in total. The van der Waals surface area contributed by atoms with Crippen molar-refractivity contribution < 1.29 is 19.7 Å². The first-order valence-corrected chi connectivity index (χ1v) is 7.84. The van der Waals surface area contributed by atoms with Crippen molar-refractivity contribution in [3.05, 3.63) is 23.3 Å². The molecule has 0 saturated heterocycles. The van der Waals surface area contributed by atoms with Gasteiger partial charge in [-0.3, -0.25) is 0 Å². The van der Waals surface area contributed by atoms with Gasteiger partial charge in [0.2, 0.25) is 0 Å². The van der Waals surface area contributed by atoms with Gasteiger partial charge in [0.1, 0.15) is 0 Å². The minimum atomic E-state index is -1.38. The van der Waals surface area contributed by atoms with E-state index in [4.69, 9.17) is 9.84 Å². The van der Waals surface area contributed by atoms with Crippen molar-refractivity contribution in [1.29, 1.82) is 0 Å². The summed E-state index contributed by atoms with van der Waals surface area (Å²) in [6, 6.07) is 3.77. The molecular weight excluding hydrogens is 268 g/mol. The second-order valence-electron chi connectivity index (χ2n) is 5.34. The quantitative estimate of drug-likeness (QED) is 0.385. The molecule has 0 radical (unpaired) electrons. The highest BCUT2D eigenvalue weighted by Gasteiger charge is 2.16. The number of aryl methyl sites for hydroxylation is 2. The zero-order valence-corrected chi connectivity index (χ0v) is 13.0. The summed E-state index contributed by atoms with van der Waals surface area (Å²) in [4.78, 5) is 10.8. The number of phenols is 1. The molecular formula is C17H26O4. The molecule has 0 aliphatic carbocycles. The number of hydrogen-bond donors (Lipinski definition) is 2. The summed E-state index contributed by atoms with van der Waals surface area (Å²) in [6.07, 6.45) is 6.38. The molecule has 2 N–H and O–H groups in total. The maximum absolute atomic E-state index is 10.8. The van der Waals surface area contributed by atoms with Crippen LogP contribution in [0.25, 0.3) is 0 Å². The van der Waals surface area contributed by atoms with Crippen molar-refractivity contribution >= 4 is 6.16 Å². The lowest BCUT2D eigenvalue weighted by Gasteiger charge is -2.13. The summed E-state index contributed by atoms with van der Waals surface area (Å²) in [5.74, 6) is 0.107. The number of carboxylic acid groups (broad SMARTS) is 1. The Labute approximate surface area is 126 Å². The molecule has 0 atom stereocenters. The third-order valence-corrected chi connectivity index (χ3v) is 3.59. The van der Waals surface area contributed by atoms with E-state index in [1.807, 2.05) is 12.1 Å². The highest BCUT2D eigenvalue weighted by molar-refractivity contribution is 5.65. The first-order chi connectivity index (χ1) is 10.1. The summed E-state index contributed by atoms with van der Waals surface area (Å²) in [5, 5.41) is 19.1. The third kappa shape index (κ3) is 5.66. The largest absolute Gasteiger partial charge is 0.511 e. The highest BCUT2D eigenvalue weighted by atomic mass is 16.7. The molecule has 0 unspecified atom stereocenters. The van der Waals surface area contributed by atoms with Gasteiger partial charge in [-0.1, -0.05) is 51.7 Å². The maximum atomic E-state index is 10.8. The molecule has 21 heavy (non-hydrogen) atoms. The van der Waals surface area contributed by atoms with Gasteiger partial charge in [0.15, 0.2) is 11.5 Å². The standard InChI is InChI=1S/C17H26O4/c1-3-5-7-9-13-11-12-14(10-8-6-4-2)16(15(13)18)21-17(19)20/h11-12,18H,3-10H2,1-2H3,(H,19,20). The Bertz CT molecular complexity index is 454. The smallest absolute Gasteiger partial charge is 0.504 e. The van der Waals surface area contributed by atoms with E-state index >= 15 is 0 Å². The van der Waals surface area contributed by atoms with E-state index in [9.17, 15) is 9.90 Å². The molecule has 1 rings (SSSR count). The van der Waals surface area contributed by atoms with Crippen LogP contribution in [-0.4, -0.2) is 16.4 Å². The topological polar surface area (TPSA) is 66.8 Å². The van der Waals surface area contributed by atoms with Gasteiger partial charge in [-0.05, 0) is 36.8 Å². The van der Waals surface area contributed by atoms with Crippen LogP contribution in [0.2, 0.25) is 0 Å². The van der Waals surface area contributed by atoms with Crippen LogP contribution < -0.4 is 4.74 Å². The average Bonchev–Trinajstić information content (AvgIpc) is 2.44. The van der Waals surface area contributed by atoms with E-state index in [0.29, 0.717) is 0 Å². The average molecular weight is 294 g/mol. The van der Waals surface area contributed by atoms with Crippen LogP contribution in [0.15, 0.2) is 12.1 Å². The number of benzene rings is 1. The van der Waals surface area contributed by atoms with Crippen LogP contribution >= 0.6 is 0 Å². The van der Waals surface area contributed by atoms with Crippen molar-refractivity contribution in [2.45, 2.75) is 65.2 Å². The summed E-state index contributed by atoms with van der Waals surface area (Å²) in [5.41, 5.74) is 1.53. The molecule has 118 valence electrons. The number of carbonyl (C=O) groups is 1. The lowest BCUT2D eigenvalue weighted by molar-refractivity contribution is 0.142. The van der Waals surface area contributed by atoms with Crippen LogP contribution in [0.5, 0.6) is 11.5 Å². The molecule has 0 aliphatic rings. The van der Waals surface area contributed by atoms with Crippen molar-refractivity contribution in [3.8, 4) is 11.5 Å². The van der Waals surface area contributed by atoms with Gasteiger partial charge in [-0.25, -0.2) is 4.79 Å². The highest BCUT2D eigenvalue weighted by Crippen LogP contribution is 2.36. The van der Waals surface area contributed by atoms with Crippen LogP contribution in [0.4, 0.5) is 4.79 Å². The summed E-state index contributed by atoms with van der Waals surface area (Å²) >= 11 is 0. The Morgan fingerprint density at radius 1 is 1.00 bits per heavy atom. The first kappa shape index (κ1) is 17.3. The van der Waals surface area contributed by atoms with E-state index in [-0.39, 0.29) is 11.5 Å². The Morgan fingerprint density at radius 3 is 2.05 bits per heavy atom. The Balaban J connectivity index is 2.92. The minimum Gasteiger partial charge on any atom is -0.504 e. The number of phenolic OH excluding ortho intramolecular Hbond substituents is 1. The monoisotopic (exact) mass is 294 g/mol. The van der Waals surface area contributed by atoms with Gasteiger partial charge in [-0.15, -0.1) is 0 Å².